The van der Waals surface area contributed by atoms with Gasteiger partial charge in [-0.15, -0.1) is 0 Å². The molecule has 2 rings (SSSR count). The van der Waals surface area contributed by atoms with Gasteiger partial charge in [-0.1, -0.05) is 12.1 Å². The van der Waals surface area contributed by atoms with Crippen molar-refractivity contribution in [1.29, 1.82) is 0 Å². The largest absolute Gasteiger partial charge is 0.497 e. The van der Waals surface area contributed by atoms with E-state index in [4.69, 9.17) is 10.5 Å². The molecule has 0 saturated carbocycles. The van der Waals surface area contributed by atoms with Crippen molar-refractivity contribution in [3.63, 3.8) is 0 Å². The van der Waals surface area contributed by atoms with E-state index in [1.165, 1.54) is 0 Å². The van der Waals surface area contributed by atoms with Gasteiger partial charge in [-0.3, -0.25) is 4.79 Å². The van der Waals surface area contributed by atoms with Crippen LogP contribution in [0.5, 0.6) is 5.75 Å². The minimum atomic E-state index is -0.170. The van der Waals surface area contributed by atoms with E-state index in [0.717, 1.165) is 21.3 Å². The van der Waals surface area contributed by atoms with Gasteiger partial charge in [0.15, 0.2) is 0 Å². The molecule has 0 atom stereocenters. The fourth-order valence-electron chi connectivity index (χ4n) is 1.78. The second-order valence-corrected chi connectivity index (χ2v) is 5.15. The third-order valence-corrected chi connectivity index (χ3v) is 3.83. The molecule has 5 heteroatoms. The number of nitrogens with two attached hydrogens (primary N) is 1. The molecule has 0 unspecified atom stereocenters. The van der Waals surface area contributed by atoms with Crippen molar-refractivity contribution in [2.24, 2.45) is 0 Å². The Hall–Kier alpha value is -1.75. The number of hydrogen-bond donors (Lipinski definition) is 1. The molecular weight excluding hydrogens is 308 g/mol. The molecule has 19 heavy (non-hydrogen) atoms. The molecule has 0 radical (unpaired) electrons. The van der Waals surface area contributed by atoms with Crippen LogP contribution in [0.4, 0.5) is 5.69 Å². The molecule has 4 nitrogen and oxygen atoms in total. The first-order valence-corrected chi connectivity index (χ1v) is 6.60. The van der Waals surface area contributed by atoms with Gasteiger partial charge in [0, 0.05) is 10.7 Å². The highest BCUT2D eigenvalue weighted by Gasteiger charge is 2.08. The molecule has 1 heterocycles. The van der Waals surface area contributed by atoms with Crippen LogP contribution in [0.25, 0.3) is 0 Å². The lowest BCUT2D eigenvalue weighted by molar-refractivity contribution is 0.414. The molecule has 0 spiro atoms. The van der Waals surface area contributed by atoms with Crippen molar-refractivity contribution >= 4 is 21.6 Å². The lowest BCUT2D eigenvalue weighted by atomic mass is 10.2. The highest BCUT2D eigenvalue weighted by atomic mass is 79.9. The molecule has 2 aromatic rings. The predicted octanol–water partition coefficient (Wildman–Crippen LogP) is 2.56. The van der Waals surface area contributed by atoms with E-state index >= 15 is 0 Å². The molecule has 1 aromatic carbocycles. The Morgan fingerprint density at radius 2 is 1.95 bits per heavy atom. The van der Waals surface area contributed by atoms with Crippen LogP contribution >= 0.6 is 15.9 Å². The summed E-state index contributed by atoms with van der Waals surface area (Å²) >= 11 is 3.41. The third kappa shape index (κ3) is 2.81. The Bertz CT molecular complexity index is 648. The Morgan fingerprint density at radius 3 is 2.53 bits per heavy atom. The molecule has 0 amide bonds. The van der Waals surface area contributed by atoms with Crippen LogP contribution in [0.3, 0.4) is 0 Å². The summed E-state index contributed by atoms with van der Waals surface area (Å²) in [6.45, 7) is 2.30. The van der Waals surface area contributed by atoms with Crippen LogP contribution < -0.4 is 16.0 Å². The van der Waals surface area contributed by atoms with E-state index < -0.39 is 0 Å². The van der Waals surface area contributed by atoms with Crippen molar-refractivity contribution < 1.29 is 4.74 Å². The quantitative estimate of drug-likeness (QED) is 0.944. The highest BCUT2D eigenvalue weighted by Crippen LogP contribution is 2.19. The lowest BCUT2D eigenvalue weighted by Gasteiger charge is -2.10. The average Bonchev–Trinajstić information content (AvgIpc) is 2.43. The number of nitrogen functional groups attached to an aromatic ring is 1. The number of pyridine rings is 1. The molecule has 1 aromatic heterocycles. The van der Waals surface area contributed by atoms with Gasteiger partial charge in [0.1, 0.15) is 11.4 Å². The van der Waals surface area contributed by atoms with Crippen LogP contribution in [0.2, 0.25) is 0 Å². The van der Waals surface area contributed by atoms with Gasteiger partial charge in [-0.05, 0) is 46.1 Å². The van der Waals surface area contributed by atoms with E-state index in [1.54, 1.807) is 17.9 Å². The van der Waals surface area contributed by atoms with E-state index in [9.17, 15) is 4.79 Å². The van der Waals surface area contributed by atoms with Gasteiger partial charge in [0.2, 0.25) is 0 Å². The topological polar surface area (TPSA) is 57.2 Å². The molecule has 0 bridgehead atoms. The van der Waals surface area contributed by atoms with Gasteiger partial charge in [-0.25, -0.2) is 0 Å². The molecule has 0 fully saturated rings. The molecule has 0 aliphatic heterocycles. The number of aromatic nitrogens is 1. The second kappa shape index (κ2) is 5.48. The van der Waals surface area contributed by atoms with Crippen molar-refractivity contribution in [3.05, 3.63) is 56.4 Å². The summed E-state index contributed by atoms with van der Waals surface area (Å²) in [6.07, 6.45) is 1.76. The monoisotopic (exact) mass is 322 g/mol. The van der Waals surface area contributed by atoms with Crippen LogP contribution in [-0.2, 0) is 6.54 Å². The predicted molar refractivity (Wildman–Crippen MR) is 79.6 cm³/mol. The number of anilines is 1. The van der Waals surface area contributed by atoms with Crippen molar-refractivity contribution in [2.75, 3.05) is 12.8 Å². The second-order valence-electron chi connectivity index (χ2n) is 4.30. The van der Waals surface area contributed by atoms with Crippen LogP contribution in [0.15, 0.2) is 39.7 Å². The molecular formula is C14H15BrN2O2. The zero-order valence-electron chi connectivity index (χ0n) is 10.8. The summed E-state index contributed by atoms with van der Waals surface area (Å²) in [5.41, 5.74) is 7.70. The molecule has 0 aliphatic carbocycles. The summed E-state index contributed by atoms with van der Waals surface area (Å²) < 4.78 is 7.52. The van der Waals surface area contributed by atoms with Crippen LogP contribution in [0.1, 0.15) is 11.1 Å². The maximum absolute atomic E-state index is 12.1. The zero-order chi connectivity index (χ0) is 14.0. The average molecular weight is 323 g/mol. The standard InChI is InChI=1S/C14H15BrN2O2/c1-9-12(15)8-17(14(18)13(9)16)7-10-3-5-11(19-2)6-4-10/h3-6,8H,7,16H2,1-2H3. The summed E-state index contributed by atoms with van der Waals surface area (Å²) in [5, 5.41) is 0. The minimum Gasteiger partial charge on any atom is -0.497 e. The number of halogens is 1. The summed E-state index contributed by atoms with van der Waals surface area (Å²) in [5.74, 6) is 0.792. The van der Waals surface area contributed by atoms with E-state index in [0.29, 0.717) is 6.54 Å². The van der Waals surface area contributed by atoms with Gasteiger partial charge < -0.3 is 15.0 Å². The summed E-state index contributed by atoms with van der Waals surface area (Å²) in [4.78, 5) is 12.1. The number of ether oxygens (including phenoxy) is 1. The number of methoxy groups -OCH3 is 1. The SMILES string of the molecule is COc1ccc(Cn2cc(Br)c(C)c(N)c2=O)cc1. The number of nitrogens with zero attached hydrogens (tertiary/aromatic N) is 1. The molecule has 2 N–H and O–H groups in total. The lowest BCUT2D eigenvalue weighted by Crippen LogP contribution is -2.24. The molecule has 100 valence electrons. The summed E-state index contributed by atoms with van der Waals surface area (Å²) in [7, 11) is 1.62. The molecule has 0 aliphatic rings. The summed E-state index contributed by atoms with van der Waals surface area (Å²) in [6, 6.07) is 7.59. The first-order valence-electron chi connectivity index (χ1n) is 5.81. The van der Waals surface area contributed by atoms with Crippen LogP contribution in [-0.4, -0.2) is 11.7 Å². The minimum absolute atomic E-state index is 0.170. The van der Waals surface area contributed by atoms with E-state index in [-0.39, 0.29) is 11.2 Å². The fourth-order valence-corrected chi connectivity index (χ4v) is 2.24. The smallest absolute Gasteiger partial charge is 0.274 e. The Balaban J connectivity index is 2.35. The number of benzene rings is 1. The fraction of sp³-hybridized carbons (Fsp3) is 0.214. The van der Waals surface area contributed by atoms with E-state index in [2.05, 4.69) is 15.9 Å². The van der Waals surface area contributed by atoms with E-state index in [1.807, 2.05) is 31.2 Å². The number of hydrogen-bond acceptors (Lipinski definition) is 3. The van der Waals surface area contributed by atoms with Crippen molar-refractivity contribution in [2.45, 2.75) is 13.5 Å². The highest BCUT2D eigenvalue weighted by molar-refractivity contribution is 9.10. The van der Waals surface area contributed by atoms with Gasteiger partial charge in [0.25, 0.3) is 5.56 Å². The first kappa shape index (κ1) is 13.7. The van der Waals surface area contributed by atoms with Gasteiger partial charge in [0.05, 0.1) is 13.7 Å². The Kier molecular flexibility index (Phi) is 3.95. The number of rotatable bonds is 3. The van der Waals surface area contributed by atoms with Crippen LogP contribution in [0, 0.1) is 6.92 Å². The zero-order valence-corrected chi connectivity index (χ0v) is 12.4. The third-order valence-electron chi connectivity index (χ3n) is 3.03. The first-order chi connectivity index (χ1) is 9.02. The Labute approximate surface area is 119 Å². The maximum Gasteiger partial charge on any atom is 0.274 e. The Morgan fingerprint density at radius 1 is 1.32 bits per heavy atom. The maximum atomic E-state index is 12.1. The van der Waals surface area contributed by atoms with Gasteiger partial charge in [-0.2, -0.15) is 0 Å². The van der Waals surface area contributed by atoms with Crippen molar-refractivity contribution in [3.8, 4) is 5.75 Å². The normalized spacial score (nSPS) is 10.5. The molecule has 0 saturated heterocycles. The van der Waals surface area contributed by atoms with Crippen molar-refractivity contribution in [1.82, 2.24) is 4.57 Å². The van der Waals surface area contributed by atoms with Gasteiger partial charge >= 0.3 is 0 Å².